The van der Waals surface area contributed by atoms with Gasteiger partial charge in [0, 0.05) is 68.9 Å². The van der Waals surface area contributed by atoms with Crippen LogP contribution in [0.5, 0.6) is 6.01 Å². The molecule has 1 atom stereocenters. The van der Waals surface area contributed by atoms with Gasteiger partial charge in [-0.05, 0) is 69.7 Å². The molecule has 2 aromatic carbocycles. The van der Waals surface area contributed by atoms with Gasteiger partial charge in [-0.15, -0.1) is 0 Å². The average molecular weight is 660 g/mol. The molecule has 0 aliphatic carbocycles. The summed E-state index contributed by atoms with van der Waals surface area (Å²) in [6.45, 7) is 15.2. The summed E-state index contributed by atoms with van der Waals surface area (Å²) in [5, 5.41) is 20.5. The highest BCUT2D eigenvalue weighted by atomic mass is 35.5. The van der Waals surface area contributed by atoms with E-state index in [1.165, 1.54) is 13.0 Å². The van der Waals surface area contributed by atoms with Gasteiger partial charge in [-0.2, -0.15) is 15.2 Å². The Bertz CT molecular complexity index is 1610. The van der Waals surface area contributed by atoms with E-state index in [0.717, 1.165) is 83.9 Å². The number of piperazine rings is 1. The second-order valence-corrected chi connectivity index (χ2v) is 13.4. The number of likely N-dealkylation sites (tertiary alicyclic amines) is 1. The number of rotatable bonds is 9. The summed E-state index contributed by atoms with van der Waals surface area (Å²) in [6, 6.07) is 14.8. The van der Waals surface area contributed by atoms with Crippen LogP contribution in [0.4, 0.5) is 11.5 Å². The highest BCUT2D eigenvalue weighted by molar-refractivity contribution is 6.36. The van der Waals surface area contributed by atoms with Gasteiger partial charge >= 0.3 is 6.01 Å². The fourth-order valence-electron chi connectivity index (χ4n) is 6.69. The van der Waals surface area contributed by atoms with E-state index in [4.69, 9.17) is 31.6 Å². The van der Waals surface area contributed by atoms with E-state index in [2.05, 4.69) is 45.5 Å². The molecule has 47 heavy (non-hydrogen) atoms. The Hall–Kier alpha value is -3.91. The minimum Gasteiger partial charge on any atom is -0.462 e. The molecule has 10 nitrogen and oxygen atoms in total. The molecular formula is C36H46ClN7O3. The molecule has 11 heteroatoms. The first kappa shape index (κ1) is 34.4. The summed E-state index contributed by atoms with van der Waals surface area (Å²) in [5.41, 5.74) is 2.53. The number of aromatic nitrogens is 2. The number of hydrogen-bond acceptors (Lipinski definition) is 9. The van der Waals surface area contributed by atoms with Crippen LogP contribution in [0.3, 0.4) is 0 Å². The monoisotopic (exact) mass is 659 g/mol. The third-order valence-corrected chi connectivity index (χ3v) is 9.49. The summed E-state index contributed by atoms with van der Waals surface area (Å²) in [4.78, 5) is 31.1. The fourth-order valence-corrected chi connectivity index (χ4v) is 6.97. The minimum atomic E-state index is -0.689. The number of amides is 1. The fraction of sp³-hybridized carbons (Fsp3) is 0.500. The number of benzene rings is 2. The van der Waals surface area contributed by atoms with Gasteiger partial charge in [0.1, 0.15) is 12.4 Å². The molecule has 2 fully saturated rings. The number of anilines is 2. The number of halogens is 1. The van der Waals surface area contributed by atoms with Gasteiger partial charge in [-0.25, -0.2) is 0 Å². The van der Waals surface area contributed by atoms with E-state index in [1.807, 2.05) is 30.9 Å². The summed E-state index contributed by atoms with van der Waals surface area (Å²) in [7, 11) is 0. The second-order valence-electron chi connectivity index (χ2n) is 13.0. The van der Waals surface area contributed by atoms with Crippen LogP contribution >= 0.6 is 11.6 Å². The van der Waals surface area contributed by atoms with Crippen LogP contribution in [-0.4, -0.2) is 94.8 Å². The molecule has 1 aromatic heterocycles. The number of nitrogens with zero attached hydrogens (tertiary/aromatic N) is 7. The van der Waals surface area contributed by atoms with Crippen LogP contribution in [0.1, 0.15) is 51.3 Å². The van der Waals surface area contributed by atoms with Crippen molar-refractivity contribution in [2.75, 3.05) is 62.2 Å². The molecule has 3 aliphatic rings. The Morgan fingerprint density at radius 2 is 1.85 bits per heavy atom. The van der Waals surface area contributed by atoms with E-state index in [0.29, 0.717) is 45.3 Å². The van der Waals surface area contributed by atoms with Crippen LogP contribution in [0.15, 0.2) is 49.1 Å². The molecule has 0 saturated carbocycles. The van der Waals surface area contributed by atoms with Crippen molar-refractivity contribution in [3.63, 3.8) is 0 Å². The lowest BCUT2D eigenvalue weighted by atomic mass is 10.0. The molecular weight excluding hydrogens is 614 g/mol. The highest BCUT2D eigenvalue weighted by Gasteiger charge is 2.31. The number of carbonyl (C=O) groups is 1. The smallest absolute Gasteiger partial charge is 0.318 e. The molecule has 2 saturated heterocycles. The summed E-state index contributed by atoms with van der Waals surface area (Å²) in [6.07, 6.45) is 5.07. The van der Waals surface area contributed by atoms with Crippen molar-refractivity contribution in [2.24, 2.45) is 0 Å². The third kappa shape index (κ3) is 8.33. The topological polar surface area (TPSA) is 109 Å². The van der Waals surface area contributed by atoms with Crippen molar-refractivity contribution in [1.29, 1.82) is 5.26 Å². The van der Waals surface area contributed by atoms with Gasteiger partial charge in [-0.3, -0.25) is 9.69 Å². The lowest BCUT2D eigenvalue weighted by Gasteiger charge is -2.38. The highest BCUT2D eigenvalue weighted by Crippen LogP contribution is 2.37. The lowest BCUT2D eigenvalue weighted by Crippen LogP contribution is -2.49. The van der Waals surface area contributed by atoms with Crippen LogP contribution in [-0.2, 0) is 17.8 Å². The Labute approximate surface area is 283 Å². The first-order valence-electron chi connectivity index (χ1n) is 16.5. The number of aliphatic hydroxyl groups is 1. The lowest BCUT2D eigenvalue weighted by molar-refractivity contribution is -0.126. The summed E-state index contributed by atoms with van der Waals surface area (Å²) in [5.74, 6) is 0.880. The SMILES string of the molecule is C=CC(=O)N1CCN(c2nc(OCC3CCCN3CCC(C)(C)O)nc3c2CCN(c2cccc4cccc(Cl)c24)C3)CC1.CC#N. The van der Waals surface area contributed by atoms with E-state index in [9.17, 15) is 9.90 Å². The van der Waals surface area contributed by atoms with Crippen molar-refractivity contribution in [3.8, 4) is 12.1 Å². The number of nitriles is 1. The molecule has 6 rings (SSSR count). The van der Waals surface area contributed by atoms with E-state index >= 15 is 0 Å². The molecule has 0 radical (unpaired) electrons. The van der Waals surface area contributed by atoms with E-state index in [-0.39, 0.29) is 11.9 Å². The summed E-state index contributed by atoms with van der Waals surface area (Å²) < 4.78 is 6.39. The van der Waals surface area contributed by atoms with Gasteiger partial charge in [0.15, 0.2) is 0 Å². The quantitative estimate of drug-likeness (QED) is 0.310. The molecule has 250 valence electrons. The maximum atomic E-state index is 12.2. The maximum absolute atomic E-state index is 12.2. The van der Waals surface area contributed by atoms with Crippen molar-refractivity contribution in [2.45, 2.75) is 64.6 Å². The molecule has 3 aliphatic heterocycles. The van der Waals surface area contributed by atoms with Crippen LogP contribution in [0.25, 0.3) is 10.8 Å². The Balaban J connectivity index is 0.00000139. The first-order valence-corrected chi connectivity index (χ1v) is 16.9. The van der Waals surface area contributed by atoms with Crippen molar-refractivity contribution < 1.29 is 14.6 Å². The Morgan fingerprint density at radius 3 is 2.55 bits per heavy atom. The number of hydrogen-bond donors (Lipinski definition) is 1. The predicted molar refractivity (Wildman–Crippen MR) is 187 cm³/mol. The van der Waals surface area contributed by atoms with Crippen molar-refractivity contribution in [3.05, 3.63) is 65.3 Å². The van der Waals surface area contributed by atoms with Gasteiger partial charge in [-0.1, -0.05) is 42.4 Å². The van der Waals surface area contributed by atoms with E-state index in [1.54, 1.807) is 6.07 Å². The average Bonchev–Trinajstić information content (AvgIpc) is 3.53. The largest absolute Gasteiger partial charge is 0.462 e. The van der Waals surface area contributed by atoms with Crippen molar-refractivity contribution in [1.82, 2.24) is 19.8 Å². The third-order valence-electron chi connectivity index (χ3n) is 9.18. The molecule has 4 heterocycles. The molecule has 1 unspecified atom stereocenters. The second kappa shape index (κ2) is 15.3. The first-order chi connectivity index (χ1) is 22.6. The molecule has 1 N–H and O–H groups in total. The zero-order valence-corrected chi connectivity index (χ0v) is 28.5. The molecule has 0 bridgehead atoms. The maximum Gasteiger partial charge on any atom is 0.318 e. The normalized spacial score (nSPS) is 18.3. The van der Waals surface area contributed by atoms with Gasteiger partial charge in [0.05, 0.1) is 28.9 Å². The van der Waals surface area contributed by atoms with Gasteiger partial charge in [0.25, 0.3) is 0 Å². The van der Waals surface area contributed by atoms with Crippen molar-refractivity contribution >= 4 is 39.8 Å². The Morgan fingerprint density at radius 1 is 1.13 bits per heavy atom. The number of fused-ring (bicyclic) bond motifs is 2. The molecule has 0 spiro atoms. The molecule has 1 amide bonds. The standard InChI is InChI=1S/C34H43ClN6O3.C2H3N/c1-4-30(42)39-18-20-40(21-19-39)32-26-13-16-41(29-12-6-9-24-8-5-11-27(35)31(24)29)22-28(26)36-33(37-32)44-23-25-10-7-15-38(25)17-14-34(2,3)43;1-2-3/h4-6,8-9,11-12,25,43H,1,7,10,13-23H2,2-3H3;1H3. The predicted octanol–water partition coefficient (Wildman–Crippen LogP) is 5.21. The van der Waals surface area contributed by atoms with Crippen LogP contribution < -0.4 is 14.5 Å². The molecule has 3 aromatic rings. The van der Waals surface area contributed by atoms with Crippen LogP contribution in [0, 0.1) is 11.3 Å². The number of carbonyl (C=O) groups excluding carboxylic acids is 1. The van der Waals surface area contributed by atoms with Gasteiger partial charge in [0.2, 0.25) is 5.91 Å². The van der Waals surface area contributed by atoms with Gasteiger partial charge < -0.3 is 24.5 Å². The summed E-state index contributed by atoms with van der Waals surface area (Å²) >= 11 is 6.71. The van der Waals surface area contributed by atoms with Crippen LogP contribution in [0.2, 0.25) is 5.02 Å². The number of ether oxygens (including phenoxy) is 1. The van der Waals surface area contributed by atoms with E-state index < -0.39 is 5.60 Å². The minimum absolute atomic E-state index is 0.0338. The Kier molecular flexibility index (Phi) is 11.2. The zero-order chi connectivity index (χ0) is 33.6. The zero-order valence-electron chi connectivity index (χ0n) is 27.8.